The third-order valence-corrected chi connectivity index (χ3v) is 9.26. The van der Waals surface area contributed by atoms with E-state index in [9.17, 15) is 36.6 Å². The van der Waals surface area contributed by atoms with E-state index in [1.807, 2.05) is 13.8 Å². The Hall–Kier alpha value is -3.08. The summed E-state index contributed by atoms with van der Waals surface area (Å²) in [7, 11) is -6.57. The highest BCUT2D eigenvalue weighted by atomic mass is 32.2. The zero-order valence-corrected chi connectivity index (χ0v) is 26.8. The highest BCUT2D eigenvalue weighted by Gasteiger charge is 2.27. The number of aromatic hydroxyl groups is 1. The molecule has 2 rings (SSSR count). The van der Waals surface area contributed by atoms with Gasteiger partial charge in [0, 0.05) is 37.8 Å². The number of rotatable bonds is 16. The molecule has 0 radical (unpaired) electrons. The van der Waals surface area contributed by atoms with E-state index in [4.69, 9.17) is 5.14 Å². The second-order valence-electron chi connectivity index (χ2n) is 10.7. The minimum Gasteiger partial charge on any atom is -0.508 e. The van der Waals surface area contributed by atoms with Crippen LogP contribution in [0.4, 0.5) is 0 Å². The monoisotopic (exact) mass is 641 g/mol. The van der Waals surface area contributed by atoms with E-state index in [2.05, 4.69) is 10.1 Å². The lowest BCUT2D eigenvalue weighted by molar-refractivity contribution is 0.0687. The summed E-state index contributed by atoms with van der Waals surface area (Å²) in [6, 6.07) is 8.53. The van der Waals surface area contributed by atoms with Gasteiger partial charge in [-0.15, -0.1) is 4.83 Å². The van der Waals surface area contributed by atoms with E-state index in [-0.39, 0.29) is 29.8 Å². The fourth-order valence-electron chi connectivity index (χ4n) is 4.24. The molecule has 6 N–H and O–H groups in total. The van der Waals surface area contributed by atoms with E-state index >= 15 is 0 Å². The van der Waals surface area contributed by atoms with Crippen LogP contribution in [0, 0.1) is 0 Å². The van der Waals surface area contributed by atoms with Crippen molar-refractivity contribution < 1.29 is 36.6 Å². The number of likely N-dealkylation sites (N-methyl/N-ethyl adjacent to an activating group) is 1. The third kappa shape index (κ3) is 10.9. The Bertz CT molecular complexity index is 1460. The number of hydrazine groups is 1. The number of aliphatic hydroxyl groups is 1. The number of nitrogens with two attached hydrogens (primary N) is 1. The topological polar surface area (TPSA) is 199 Å². The van der Waals surface area contributed by atoms with Crippen molar-refractivity contribution in [1.29, 1.82) is 0 Å². The zero-order valence-electron chi connectivity index (χ0n) is 25.1. The standard InChI is InChI=1S/C28H43N5O8S2/c1-6-12-33(13-7-2)28(37)22-15-21(16-24(17-22)42(29,38)39)27(36)30-25(14-20-8-10-23(34)11-9-20)26(35)18-32(5)31-43(40,41)19(3)4/h8-11,15-17,19,25-26,31,34-35H,6-7,12-14,18H2,1-5H3,(H,30,36)(H2,29,38,39). The van der Waals surface area contributed by atoms with Crippen LogP contribution in [-0.4, -0.2) is 92.8 Å². The van der Waals surface area contributed by atoms with Crippen molar-refractivity contribution in [1.82, 2.24) is 20.1 Å². The Balaban J connectivity index is 2.46. The van der Waals surface area contributed by atoms with Gasteiger partial charge in [0.05, 0.1) is 22.3 Å². The molecule has 15 heteroatoms. The zero-order chi connectivity index (χ0) is 32.5. The first-order valence-electron chi connectivity index (χ1n) is 13.9. The molecule has 0 fully saturated rings. The molecule has 240 valence electrons. The highest BCUT2D eigenvalue weighted by molar-refractivity contribution is 7.90. The Morgan fingerprint density at radius 2 is 1.51 bits per heavy atom. The van der Waals surface area contributed by atoms with Crippen molar-refractivity contribution in [2.75, 3.05) is 26.7 Å². The summed E-state index contributed by atoms with van der Waals surface area (Å²) in [6.07, 6.45) is 0.100. The minimum absolute atomic E-state index is 0.0184. The number of primary sulfonamides is 1. The van der Waals surface area contributed by atoms with Crippen LogP contribution in [-0.2, 0) is 26.5 Å². The van der Waals surface area contributed by atoms with Gasteiger partial charge < -0.3 is 20.4 Å². The van der Waals surface area contributed by atoms with Gasteiger partial charge in [-0.25, -0.2) is 27.0 Å². The van der Waals surface area contributed by atoms with Crippen molar-refractivity contribution in [3.63, 3.8) is 0 Å². The Kier molecular flexibility index (Phi) is 13.1. The molecule has 0 saturated heterocycles. The number of carbonyl (C=O) groups excluding carboxylic acids is 2. The van der Waals surface area contributed by atoms with E-state index in [0.717, 1.165) is 12.1 Å². The highest BCUT2D eigenvalue weighted by Crippen LogP contribution is 2.19. The van der Waals surface area contributed by atoms with Crippen molar-refractivity contribution in [2.45, 2.75) is 69.2 Å². The predicted molar refractivity (Wildman–Crippen MR) is 163 cm³/mol. The number of phenols is 1. The van der Waals surface area contributed by atoms with Crippen LogP contribution in [0.1, 0.15) is 66.8 Å². The molecule has 0 bridgehead atoms. The summed E-state index contributed by atoms with van der Waals surface area (Å²) in [4.78, 5) is 30.3. The lowest BCUT2D eigenvalue weighted by atomic mass is 10.00. The van der Waals surface area contributed by atoms with Gasteiger partial charge in [0.25, 0.3) is 11.8 Å². The first-order chi connectivity index (χ1) is 20.0. The van der Waals surface area contributed by atoms with E-state index in [1.54, 1.807) is 17.0 Å². The number of hydrogen-bond donors (Lipinski definition) is 5. The Morgan fingerprint density at radius 1 is 0.953 bits per heavy atom. The smallest absolute Gasteiger partial charge is 0.253 e. The van der Waals surface area contributed by atoms with Gasteiger partial charge >= 0.3 is 0 Å². The van der Waals surface area contributed by atoms with Crippen molar-refractivity contribution in [2.24, 2.45) is 5.14 Å². The number of sulfonamides is 2. The molecule has 2 amide bonds. The van der Waals surface area contributed by atoms with Crippen molar-refractivity contribution >= 4 is 31.9 Å². The summed E-state index contributed by atoms with van der Waals surface area (Å²) in [5.41, 5.74) is 0.438. The molecule has 2 aromatic rings. The fraction of sp³-hybridized carbons (Fsp3) is 0.500. The molecule has 0 aliphatic rings. The molecule has 13 nitrogen and oxygen atoms in total. The number of phenolic OH excluding ortho intramolecular Hbond substituents is 1. The van der Waals surface area contributed by atoms with Crippen LogP contribution in [0.3, 0.4) is 0 Å². The maximum Gasteiger partial charge on any atom is 0.253 e. The molecule has 2 aromatic carbocycles. The van der Waals surface area contributed by atoms with Gasteiger partial charge in [0.15, 0.2) is 0 Å². The van der Waals surface area contributed by atoms with Gasteiger partial charge in [-0.1, -0.05) is 26.0 Å². The number of nitrogens with one attached hydrogen (secondary N) is 2. The SMILES string of the molecule is CCCN(CCC)C(=O)c1cc(C(=O)NC(Cc2ccc(O)cc2)C(O)CN(C)NS(=O)(=O)C(C)C)cc(S(N)(=O)=O)c1. The van der Waals surface area contributed by atoms with Crippen LogP contribution < -0.4 is 15.3 Å². The van der Waals surface area contributed by atoms with Crippen LogP contribution >= 0.6 is 0 Å². The molecular weight excluding hydrogens is 598 g/mol. The first kappa shape index (κ1) is 36.1. The Morgan fingerprint density at radius 3 is 2.02 bits per heavy atom. The number of aliphatic hydroxyl groups excluding tert-OH is 1. The van der Waals surface area contributed by atoms with E-state index < -0.39 is 54.2 Å². The number of carbonyl (C=O) groups is 2. The molecule has 0 aliphatic heterocycles. The lowest BCUT2D eigenvalue weighted by Crippen LogP contribution is -2.52. The molecule has 0 spiro atoms. The number of amides is 2. The van der Waals surface area contributed by atoms with Crippen LogP contribution in [0.5, 0.6) is 5.75 Å². The number of nitrogens with zero attached hydrogens (tertiary/aromatic N) is 2. The van der Waals surface area contributed by atoms with Gasteiger partial charge in [-0.3, -0.25) is 9.59 Å². The maximum atomic E-state index is 13.5. The molecule has 0 saturated carbocycles. The molecule has 2 atom stereocenters. The first-order valence-corrected chi connectivity index (χ1v) is 17.0. The second kappa shape index (κ2) is 15.6. The third-order valence-electron chi connectivity index (χ3n) is 6.56. The predicted octanol–water partition coefficient (Wildman–Crippen LogP) is 1.18. The van der Waals surface area contributed by atoms with Crippen molar-refractivity contribution in [3.8, 4) is 5.75 Å². The van der Waals surface area contributed by atoms with Crippen LogP contribution in [0.25, 0.3) is 0 Å². The minimum atomic E-state index is -4.30. The van der Waals surface area contributed by atoms with Crippen LogP contribution in [0.2, 0.25) is 0 Å². The fourth-order valence-corrected chi connectivity index (χ4v) is 5.55. The van der Waals surface area contributed by atoms with Crippen molar-refractivity contribution in [3.05, 3.63) is 59.2 Å². The Labute approximate surface area is 254 Å². The quantitative estimate of drug-likeness (QED) is 0.167. The van der Waals surface area contributed by atoms with Gasteiger partial charge in [0.2, 0.25) is 20.0 Å². The molecular formula is C28H43N5O8S2. The molecule has 2 unspecified atom stereocenters. The summed E-state index contributed by atoms with van der Waals surface area (Å²) in [6.45, 7) is 7.45. The largest absolute Gasteiger partial charge is 0.508 e. The molecule has 0 heterocycles. The maximum absolute atomic E-state index is 13.5. The lowest BCUT2D eigenvalue weighted by Gasteiger charge is -2.29. The summed E-state index contributed by atoms with van der Waals surface area (Å²) >= 11 is 0. The summed E-state index contributed by atoms with van der Waals surface area (Å²) < 4.78 is 49.1. The second-order valence-corrected chi connectivity index (χ2v) is 14.4. The van der Waals surface area contributed by atoms with Gasteiger partial charge in [-0.05, 0) is 69.0 Å². The number of benzene rings is 2. The van der Waals surface area contributed by atoms with E-state index in [1.165, 1.54) is 44.1 Å². The number of hydrogen-bond acceptors (Lipinski definition) is 9. The van der Waals surface area contributed by atoms with Crippen LogP contribution in [0.15, 0.2) is 47.4 Å². The molecule has 43 heavy (non-hydrogen) atoms. The average molecular weight is 642 g/mol. The molecule has 0 aliphatic carbocycles. The normalized spacial score (nSPS) is 13.6. The van der Waals surface area contributed by atoms with E-state index in [0.29, 0.717) is 31.5 Å². The summed E-state index contributed by atoms with van der Waals surface area (Å²) in [5, 5.41) is 29.3. The van der Waals surface area contributed by atoms with Gasteiger partial charge in [-0.2, -0.15) is 0 Å². The average Bonchev–Trinajstić information content (AvgIpc) is 2.92. The summed E-state index contributed by atoms with van der Waals surface area (Å²) in [5.74, 6) is -1.22. The van der Waals surface area contributed by atoms with Gasteiger partial charge in [0.1, 0.15) is 5.75 Å². The molecule has 0 aromatic heterocycles.